The molecule has 0 aliphatic carbocycles. The Morgan fingerprint density at radius 1 is 1.39 bits per heavy atom. The number of nitrogens with zero attached hydrogens (tertiary/aromatic N) is 3. The van der Waals surface area contributed by atoms with Crippen LogP contribution in [0.25, 0.3) is 0 Å². The lowest BCUT2D eigenvalue weighted by molar-refractivity contribution is -0.121. The Bertz CT molecular complexity index is 353. The highest BCUT2D eigenvalue weighted by molar-refractivity contribution is 5.75. The lowest BCUT2D eigenvalue weighted by Crippen LogP contribution is -2.28. The summed E-state index contributed by atoms with van der Waals surface area (Å²) in [6.45, 7) is 1.39. The Kier molecular flexibility index (Phi) is 6.97. The number of aliphatic hydroxyl groups is 1. The van der Waals surface area contributed by atoms with Gasteiger partial charge in [0.15, 0.2) is 0 Å². The van der Waals surface area contributed by atoms with E-state index in [1.807, 2.05) is 0 Å². The Hall–Kier alpha value is -1.47. The molecule has 0 spiro atoms. The second-order valence-electron chi connectivity index (χ2n) is 4.10. The molecule has 0 saturated carbocycles. The van der Waals surface area contributed by atoms with E-state index in [1.165, 1.54) is 4.68 Å². The molecule has 0 aliphatic heterocycles. The van der Waals surface area contributed by atoms with Crippen LogP contribution >= 0.6 is 0 Å². The number of amides is 1. The molecule has 1 heterocycles. The first-order valence-electron chi connectivity index (χ1n) is 6.23. The van der Waals surface area contributed by atoms with Crippen molar-refractivity contribution in [2.24, 2.45) is 5.73 Å². The maximum absolute atomic E-state index is 11.5. The normalized spacial score (nSPS) is 10.6. The van der Waals surface area contributed by atoms with Gasteiger partial charge in [-0.1, -0.05) is 18.1 Å². The van der Waals surface area contributed by atoms with Crippen molar-refractivity contribution < 1.29 is 9.90 Å². The summed E-state index contributed by atoms with van der Waals surface area (Å²) in [6.07, 6.45) is 5.43. The molecule has 0 saturated heterocycles. The van der Waals surface area contributed by atoms with Crippen molar-refractivity contribution >= 4 is 5.91 Å². The van der Waals surface area contributed by atoms with Gasteiger partial charge in [-0.25, -0.2) is 4.68 Å². The molecule has 0 unspecified atom stereocenters. The summed E-state index contributed by atoms with van der Waals surface area (Å²) in [5.74, 6) is -0.0781. The van der Waals surface area contributed by atoms with E-state index in [1.54, 1.807) is 6.20 Å². The minimum absolute atomic E-state index is 0.0781. The van der Waals surface area contributed by atoms with Gasteiger partial charge in [-0.05, 0) is 12.8 Å². The average molecular weight is 255 g/mol. The van der Waals surface area contributed by atoms with Gasteiger partial charge in [-0.15, -0.1) is 5.10 Å². The van der Waals surface area contributed by atoms with Crippen LogP contribution in [0.3, 0.4) is 0 Å². The van der Waals surface area contributed by atoms with E-state index >= 15 is 0 Å². The molecule has 7 heteroatoms. The van der Waals surface area contributed by atoms with Crippen molar-refractivity contribution in [1.29, 1.82) is 0 Å². The lowest BCUT2D eigenvalue weighted by Gasteiger charge is -2.04. The highest BCUT2D eigenvalue weighted by Crippen LogP contribution is 1.97. The number of carbonyl (C=O) groups is 1. The average Bonchev–Trinajstić information content (AvgIpc) is 2.81. The minimum Gasteiger partial charge on any atom is -0.396 e. The zero-order valence-corrected chi connectivity index (χ0v) is 10.5. The quantitative estimate of drug-likeness (QED) is 0.511. The van der Waals surface area contributed by atoms with Crippen molar-refractivity contribution in [3.05, 3.63) is 11.9 Å². The molecule has 1 rings (SSSR count). The van der Waals surface area contributed by atoms with Gasteiger partial charge in [-0.3, -0.25) is 4.79 Å². The molecule has 0 fully saturated rings. The van der Waals surface area contributed by atoms with E-state index in [0.717, 1.165) is 25.7 Å². The molecule has 18 heavy (non-hydrogen) atoms. The van der Waals surface area contributed by atoms with Gasteiger partial charge in [0.25, 0.3) is 0 Å². The largest absolute Gasteiger partial charge is 0.396 e. The van der Waals surface area contributed by atoms with Crippen LogP contribution in [0.15, 0.2) is 6.20 Å². The summed E-state index contributed by atoms with van der Waals surface area (Å²) in [5, 5.41) is 19.0. The number of nitrogens with two attached hydrogens (primary N) is 1. The van der Waals surface area contributed by atoms with Crippen molar-refractivity contribution in [2.45, 2.75) is 38.8 Å². The molecular formula is C11H21N5O2. The Labute approximate surface area is 106 Å². The first kappa shape index (κ1) is 14.6. The van der Waals surface area contributed by atoms with Crippen molar-refractivity contribution in [3.8, 4) is 0 Å². The third-order valence-electron chi connectivity index (χ3n) is 2.51. The van der Waals surface area contributed by atoms with Crippen LogP contribution in [0.4, 0.5) is 0 Å². The van der Waals surface area contributed by atoms with Crippen LogP contribution in [0, 0.1) is 0 Å². The molecule has 4 N–H and O–H groups in total. The van der Waals surface area contributed by atoms with Crippen LogP contribution < -0.4 is 11.1 Å². The summed E-state index contributed by atoms with van der Waals surface area (Å²) < 4.78 is 1.48. The fourth-order valence-electron chi connectivity index (χ4n) is 1.53. The van der Waals surface area contributed by atoms with Gasteiger partial charge in [-0.2, -0.15) is 0 Å². The SMILES string of the molecule is NCc1cn(CC(=O)NCCCCCCO)nn1. The van der Waals surface area contributed by atoms with E-state index in [4.69, 9.17) is 10.8 Å². The van der Waals surface area contributed by atoms with Gasteiger partial charge in [0.2, 0.25) is 5.91 Å². The summed E-state index contributed by atoms with van der Waals surface area (Å²) in [4.78, 5) is 11.5. The number of aliphatic hydroxyl groups excluding tert-OH is 1. The highest BCUT2D eigenvalue weighted by atomic mass is 16.2. The maximum Gasteiger partial charge on any atom is 0.241 e. The molecule has 1 amide bonds. The zero-order chi connectivity index (χ0) is 13.2. The van der Waals surface area contributed by atoms with Crippen LogP contribution in [-0.2, 0) is 17.9 Å². The van der Waals surface area contributed by atoms with E-state index < -0.39 is 0 Å². The number of carbonyl (C=O) groups excluding carboxylic acids is 1. The first-order valence-corrected chi connectivity index (χ1v) is 6.23. The van der Waals surface area contributed by atoms with Crippen LogP contribution in [0.1, 0.15) is 31.4 Å². The standard InChI is InChI=1S/C11H21N5O2/c12-7-10-8-16(15-14-10)9-11(18)13-5-3-1-2-4-6-17/h8,17H,1-7,9,12H2,(H,13,18). The van der Waals surface area contributed by atoms with Gasteiger partial charge >= 0.3 is 0 Å². The Morgan fingerprint density at radius 3 is 2.83 bits per heavy atom. The Morgan fingerprint density at radius 2 is 2.17 bits per heavy atom. The van der Waals surface area contributed by atoms with Crippen molar-refractivity contribution in [2.75, 3.05) is 13.2 Å². The number of nitrogens with one attached hydrogen (secondary N) is 1. The topological polar surface area (TPSA) is 106 Å². The smallest absolute Gasteiger partial charge is 0.241 e. The van der Waals surface area contributed by atoms with E-state index in [-0.39, 0.29) is 19.1 Å². The number of rotatable bonds is 9. The predicted molar refractivity (Wildman–Crippen MR) is 66.5 cm³/mol. The van der Waals surface area contributed by atoms with Crippen molar-refractivity contribution in [3.63, 3.8) is 0 Å². The zero-order valence-electron chi connectivity index (χ0n) is 10.5. The van der Waals surface area contributed by atoms with Crippen molar-refractivity contribution in [1.82, 2.24) is 20.3 Å². The molecule has 0 aliphatic rings. The number of unbranched alkanes of at least 4 members (excludes halogenated alkanes) is 3. The monoisotopic (exact) mass is 255 g/mol. The molecule has 0 atom stereocenters. The molecule has 0 radical (unpaired) electrons. The van der Waals surface area contributed by atoms with E-state index in [2.05, 4.69) is 15.6 Å². The predicted octanol–water partition coefficient (Wildman–Crippen LogP) is -0.594. The molecular weight excluding hydrogens is 234 g/mol. The molecule has 1 aromatic rings. The molecule has 1 aromatic heterocycles. The lowest BCUT2D eigenvalue weighted by atomic mass is 10.2. The van der Waals surface area contributed by atoms with E-state index in [9.17, 15) is 4.79 Å². The highest BCUT2D eigenvalue weighted by Gasteiger charge is 2.04. The summed E-state index contributed by atoms with van der Waals surface area (Å²) in [5.41, 5.74) is 6.07. The van der Waals surface area contributed by atoms with Gasteiger partial charge < -0.3 is 16.2 Å². The second-order valence-corrected chi connectivity index (χ2v) is 4.10. The van der Waals surface area contributed by atoms with Gasteiger partial charge in [0.05, 0.1) is 11.9 Å². The molecule has 0 aromatic carbocycles. The first-order chi connectivity index (χ1) is 8.76. The van der Waals surface area contributed by atoms with Crippen LogP contribution in [-0.4, -0.2) is 39.2 Å². The number of aromatic nitrogens is 3. The van der Waals surface area contributed by atoms with Crippen LogP contribution in [0.5, 0.6) is 0 Å². The summed E-state index contributed by atoms with van der Waals surface area (Å²) >= 11 is 0. The van der Waals surface area contributed by atoms with Gasteiger partial charge in [0.1, 0.15) is 6.54 Å². The van der Waals surface area contributed by atoms with E-state index in [0.29, 0.717) is 18.8 Å². The number of hydrogen-bond acceptors (Lipinski definition) is 5. The van der Waals surface area contributed by atoms with Crippen LogP contribution in [0.2, 0.25) is 0 Å². The molecule has 7 nitrogen and oxygen atoms in total. The molecule has 0 bridgehead atoms. The third-order valence-corrected chi connectivity index (χ3v) is 2.51. The molecule has 102 valence electrons. The summed E-state index contributed by atoms with van der Waals surface area (Å²) in [7, 11) is 0. The van der Waals surface area contributed by atoms with Gasteiger partial charge in [0, 0.05) is 19.7 Å². The summed E-state index contributed by atoms with van der Waals surface area (Å²) in [6, 6.07) is 0. The fourth-order valence-corrected chi connectivity index (χ4v) is 1.53. The Balaban J connectivity index is 2.10. The maximum atomic E-state index is 11.5. The second kappa shape index (κ2) is 8.60. The number of hydrogen-bond donors (Lipinski definition) is 3. The minimum atomic E-state index is -0.0781. The fraction of sp³-hybridized carbons (Fsp3) is 0.727. The third kappa shape index (κ3) is 5.74.